The molecule has 7 heteroatoms. The van der Waals surface area contributed by atoms with Crippen LogP contribution in [0.5, 0.6) is 0 Å². The van der Waals surface area contributed by atoms with E-state index in [1.165, 1.54) is 11.1 Å². The summed E-state index contributed by atoms with van der Waals surface area (Å²) < 4.78 is 4.29. The van der Waals surface area contributed by atoms with Crippen molar-refractivity contribution in [2.24, 2.45) is 4.99 Å². The van der Waals surface area contributed by atoms with Crippen LogP contribution in [0.1, 0.15) is 17.8 Å². The van der Waals surface area contributed by atoms with Crippen LogP contribution < -0.4 is 10.6 Å². The summed E-state index contributed by atoms with van der Waals surface area (Å²) in [4.78, 5) is 13.1. The van der Waals surface area contributed by atoms with E-state index in [1.807, 2.05) is 35.3 Å². The van der Waals surface area contributed by atoms with E-state index in [2.05, 4.69) is 67.4 Å². The van der Waals surface area contributed by atoms with Crippen molar-refractivity contribution in [1.29, 1.82) is 0 Å². The van der Waals surface area contributed by atoms with Crippen molar-refractivity contribution >= 4 is 17.0 Å². The molecule has 0 aliphatic carbocycles. The predicted octanol–water partition coefficient (Wildman–Crippen LogP) is 3.29. The van der Waals surface area contributed by atoms with Gasteiger partial charge in [-0.2, -0.15) is 0 Å². The van der Waals surface area contributed by atoms with Crippen molar-refractivity contribution in [2.75, 3.05) is 13.6 Å². The molecule has 0 bridgehead atoms. The van der Waals surface area contributed by atoms with Gasteiger partial charge in [0.1, 0.15) is 5.82 Å². The van der Waals surface area contributed by atoms with E-state index >= 15 is 0 Å². The third-order valence-electron chi connectivity index (χ3n) is 5.14. The Morgan fingerprint density at radius 3 is 2.73 bits per heavy atom. The first-order chi connectivity index (χ1) is 14.8. The minimum absolute atomic E-state index is 0.680. The zero-order valence-electron chi connectivity index (χ0n) is 17.4. The zero-order valence-corrected chi connectivity index (χ0v) is 17.4. The van der Waals surface area contributed by atoms with Crippen molar-refractivity contribution in [3.63, 3.8) is 0 Å². The lowest BCUT2D eigenvalue weighted by molar-refractivity contribution is 0.624. The fraction of sp³-hybridized carbons (Fsp3) is 0.261. The molecule has 0 saturated heterocycles. The van der Waals surface area contributed by atoms with Crippen LogP contribution in [0, 0.1) is 6.92 Å². The van der Waals surface area contributed by atoms with Gasteiger partial charge in [-0.05, 0) is 37.1 Å². The van der Waals surface area contributed by atoms with Gasteiger partial charge >= 0.3 is 0 Å². The lowest BCUT2D eigenvalue weighted by Crippen LogP contribution is -2.37. The number of nitrogens with one attached hydrogen (secondary N) is 2. The van der Waals surface area contributed by atoms with Gasteiger partial charge in [-0.1, -0.05) is 30.3 Å². The maximum atomic E-state index is 4.64. The van der Waals surface area contributed by atoms with Gasteiger partial charge in [0.15, 0.2) is 5.96 Å². The Kier molecular flexibility index (Phi) is 6.08. The molecular formula is C23H27N7. The molecule has 7 nitrogen and oxygen atoms in total. The van der Waals surface area contributed by atoms with Crippen LogP contribution in [0.2, 0.25) is 0 Å². The van der Waals surface area contributed by atoms with Gasteiger partial charge in [-0.15, -0.1) is 0 Å². The van der Waals surface area contributed by atoms with Gasteiger partial charge in [0.2, 0.25) is 0 Å². The van der Waals surface area contributed by atoms with Gasteiger partial charge in [-0.25, -0.2) is 9.97 Å². The standard InChI is InChI=1S/C23H27N7/c1-18-28-20-9-4-6-11-22(20)30(18)14-7-12-26-23(24-2)27-16-19-8-3-5-10-21(19)29-15-13-25-17-29/h3-6,8-11,13,15,17H,7,12,14,16H2,1-2H3,(H2,24,26,27). The summed E-state index contributed by atoms with van der Waals surface area (Å²) in [5.74, 6) is 1.84. The normalized spacial score (nSPS) is 11.7. The molecule has 30 heavy (non-hydrogen) atoms. The van der Waals surface area contributed by atoms with Crippen molar-refractivity contribution in [3.8, 4) is 5.69 Å². The third-order valence-corrected chi connectivity index (χ3v) is 5.14. The molecule has 154 valence electrons. The Morgan fingerprint density at radius 1 is 1.07 bits per heavy atom. The highest BCUT2D eigenvalue weighted by Crippen LogP contribution is 2.16. The molecular weight excluding hydrogens is 374 g/mol. The summed E-state index contributed by atoms with van der Waals surface area (Å²) in [5.41, 5.74) is 4.53. The SMILES string of the molecule is CN=C(NCCCn1c(C)nc2ccccc21)NCc1ccccc1-n1ccnc1. The molecule has 0 saturated carbocycles. The van der Waals surface area contributed by atoms with Crippen LogP contribution in [0.25, 0.3) is 16.7 Å². The molecule has 0 unspecified atom stereocenters. The van der Waals surface area contributed by atoms with Crippen LogP contribution in [0.3, 0.4) is 0 Å². The van der Waals surface area contributed by atoms with E-state index in [1.54, 1.807) is 13.2 Å². The number of benzene rings is 2. The highest BCUT2D eigenvalue weighted by atomic mass is 15.2. The number of aryl methyl sites for hydroxylation is 2. The number of aromatic nitrogens is 4. The van der Waals surface area contributed by atoms with Crippen LogP contribution >= 0.6 is 0 Å². The number of imidazole rings is 2. The number of rotatable bonds is 7. The summed E-state index contributed by atoms with van der Waals surface area (Å²) >= 11 is 0. The largest absolute Gasteiger partial charge is 0.356 e. The van der Waals surface area contributed by atoms with Crippen LogP contribution in [0.4, 0.5) is 0 Å². The minimum atomic E-state index is 0.680. The molecule has 0 aliphatic rings. The second-order valence-corrected chi connectivity index (χ2v) is 7.10. The highest BCUT2D eigenvalue weighted by Gasteiger charge is 2.07. The smallest absolute Gasteiger partial charge is 0.191 e. The summed E-state index contributed by atoms with van der Waals surface area (Å²) in [6.07, 6.45) is 6.53. The average Bonchev–Trinajstić information content (AvgIpc) is 3.41. The van der Waals surface area contributed by atoms with E-state index < -0.39 is 0 Å². The number of hydrogen-bond acceptors (Lipinski definition) is 3. The van der Waals surface area contributed by atoms with Gasteiger partial charge in [0.05, 0.1) is 23.0 Å². The molecule has 2 aromatic carbocycles. The summed E-state index contributed by atoms with van der Waals surface area (Å²) in [6, 6.07) is 16.6. The van der Waals surface area contributed by atoms with Crippen molar-refractivity contribution in [3.05, 3.63) is 78.6 Å². The Bertz CT molecular complexity index is 1130. The zero-order chi connectivity index (χ0) is 20.8. The molecule has 2 aromatic heterocycles. The molecule has 0 radical (unpaired) electrons. The number of guanidine groups is 1. The molecule has 0 aliphatic heterocycles. The quantitative estimate of drug-likeness (QED) is 0.283. The van der Waals surface area contributed by atoms with Crippen LogP contribution in [-0.2, 0) is 13.1 Å². The number of hydrogen-bond donors (Lipinski definition) is 2. The molecule has 4 rings (SSSR count). The predicted molar refractivity (Wildman–Crippen MR) is 121 cm³/mol. The Labute approximate surface area is 176 Å². The van der Waals surface area contributed by atoms with E-state index in [0.29, 0.717) is 6.54 Å². The molecule has 4 aromatic rings. The number of para-hydroxylation sites is 3. The lowest BCUT2D eigenvalue weighted by Gasteiger charge is -2.15. The summed E-state index contributed by atoms with van der Waals surface area (Å²) in [6.45, 7) is 4.49. The lowest BCUT2D eigenvalue weighted by atomic mass is 10.1. The first kappa shape index (κ1) is 19.7. The monoisotopic (exact) mass is 401 g/mol. The minimum Gasteiger partial charge on any atom is -0.356 e. The summed E-state index contributed by atoms with van der Waals surface area (Å²) in [7, 11) is 1.80. The average molecular weight is 402 g/mol. The number of fused-ring (bicyclic) bond motifs is 1. The van der Waals surface area contributed by atoms with Crippen LogP contribution in [0.15, 0.2) is 72.2 Å². The highest BCUT2D eigenvalue weighted by molar-refractivity contribution is 5.79. The Hall–Kier alpha value is -3.61. The maximum Gasteiger partial charge on any atom is 0.191 e. The Morgan fingerprint density at radius 2 is 1.90 bits per heavy atom. The first-order valence-corrected chi connectivity index (χ1v) is 10.2. The topological polar surface area (TPSA) is 72.1 Å². The Balaban J connectivity index is 1.31. The van der Waals surface area contributed by atoms with Crippen molar-refractivity contribution < 1.29 is 0 Å². The fourth-order valence-electron chi connectivity index (χ4n) is 3.64. The van der Waals surface area contributed by atoms with E-state index in [0.717, 1.165) is 42.5 Å². The van der Waals surface area contributed by atoms with E-state index in [9.17, 15) is 0 Å². The number of aliphatic imine (C=N–C) groups is 1. The first-order valence-electron chi connectivity index (χ1n) is 10.2. The molecule has 2 N–H and O–H groups in total. The van der Waals surface area contributed by atoms with Gasteiger partial charge in [0.25, 0.3) is 0 Å². The van der Waals surface area contributed by atoms with Gasteiger partial charge in [0, 0.05) is 39.1 Å². The molecule has 2 heterocycles. The molecule has 0 amide bonds. The molecule has 0 atom stereocenters. The van der Waals surface area contributed by atoms with Crippen LogP contribution in [-0.4, -0.2) is 38.7 Å². The van der Waals surface area contributed by atoms with E-state index in [-0.39, 0.29) is 0 Å². The maximum absolute atomic E-state index is 4.64. The van der Waals surface area contributed by atoms with Gasteiger partial charge in [-0.3, -0.25) is 4.99 Å². The summed E-state index contributed by atoms with van der Waals surface area (Å²) in [5, 5.41) is 6.82. The fourth-order valence-corrected chi connectivity index (χ4v) is 3.64. The van der Waals surface area contributed by atoms with Gasteiger partial charge < -0.3 is 19.8 Å². The molecule has 0 spiro atoms. The second kappa shape index (κ2) is 9.26. The molecule has 0 fully saturated rings. The number of nitrogens with zero attached hydrogens (tertiary/aromatic N) is 5. The second-order valence-electron chi connectivity index (χ2n) is 7.10. The third kappa shape index (κ3) is 4.35. The van der Waals surface area contributed by atoms with Crippen molar-refractivity contribution in [2.45, 2.75) is 26.4 Å². The van der Waals surface area contributed by atoms with E-state index in [4.69, 9.17) is 0 Å². The van der Waals surface area contributed by atoms with Crippen molar-refractivity contribution in [1.82, 2.24) is 29.7 Å².